The highest BCUT2D eigenvalue weighted by molar-refractivity contribution is 5.55. The van der Waals surface area contributed by atoms with Gasteiger partial charge in [0.25, 0.3) is 0 Å². The molecule has 19 heavy (non-hydrogen) atoms. The molecule has 0 atom stereocenters. The van der Waals surface area contributed by atoms with Crippen LogP contribution >= 0.6 is 0 Å². The standard InChI is InChI=1S/C14H11F2NO2/c15-10-1-3-12(16)9(5-10)7-17-11-2-4-13-14(6-11)19-8-18-13/h1-6,17H,7-8H2. The third-order valence-corrected chi connectivity index (χ3v) is 2.86. The first-order valence-electron chi connectivity index (χ1n) is 5.80. The van der Waals surface area contributed by atoms with Crippen molar-refractivity contribution in [3.05, 3.63) is 53.6 Å². The van der Waals surface area contributed by atoms with E-state index in [0.29, 0.717) is 11.5 Å². The van der Waals surface area contributed by atoms with Crippen molar-refractivity contribution in [1.82, 2.24) is 0 Å². The van der Waals surface area contributed by atoms with Gasteiger partial charge in [0.2, 0.25) is 6.79 Å². The van der Waals surface area contributed by atoms with Crippen LogP contribution in [0.2, 0.25) is 0 Å². The molecule has 5 heteroatoms. The summed E-state index contributed by atoms with van der Waals surface area (Å²) in [6, 6.07) is 8.72. The third-order valence-electron chi connectivity index (χ3n) is 2.86. The molecule has 0 saturated carbocycles. The van der Waals surface area contributed by atoms with Gasteiger partial charge in [-0.25, -0.2) is 8.78 Å². The van der Waals surface area contributed by atoms with E-state index in [0.717, 1.165) is 17.8 Å². The van der Waals surface area contributed by atoms with Crippen LogP contribution in [-0.4, -0.2) is 6.79 Å². The average molecular weight is 263 g/mol. The molecular weight excluding hydrogens is 252 g/mol. The molecule has 3 rings (SSSR count). The van der Waals surface area contributed by atoms with Crippen LogP contribution in [0.3, 0.4) is 0 Å². The molecule has 0 unspecified atom stereocenters. The molecule has 2 aromatic rings. The minimum atomic E-state index is -0.455. The zero-order valence-electron chi connectivity index (χ0n) is 9.95. The predicted molar refractivity (Wildman–Crippen MR) is 66.2 cm³/mol. The summed E-state index contributed by atoms with van der Waals surface area (Å²) in [5.74, 6) is 0.436. The molecule has 98 valence electrons. The Morgan fingerprint density at radius 3 is 2.74 bits per heavy atom. The zero-order valence-corrected chi connectivity index (χ0v) is 9.95. The highest BCUT2D eigenvalue weighted by atomic mass is 19.1. The number of rotatable bonds is 3. The molecule has 3 nitrogen and oxygen atoms in total. The highest BCUT2D eigenvalue weighted by Gasteiger charge is 2.13. The largest absolute Gasteiger partial charge is 0.454 e. The lowest BCUT2D eigenvalue weighted by molar-refractivity contribution is 0.174. The van der Waals surface area contributed by atoms with Gasteiger partial charge in [0, 0.05) is 23.9 Å². The fourth-order valence-corrected chi connectivity index (χ4v) is 1.88. The first kappa shape index (κ1) is 11.8. The molecule has 1 N–H and O–H groups in total. The van der Waals surface area contributed by atoms with E-state index in [4.69, 9.17) is 9.47 Å². The number of hydrogen-bond acceptors (Lipinski definition) is 3. The molecule has 1 aliphatic rings. The van der Waals surface area contributed by atoms with Crippen molar-refractivity contribution in [1.29, 1.82) is 0 Å². The van der Waals surface area contributed by atoms with Crippen molar-refractivity contribution in [3.63, 3.8) is 0 Å². The fourth-order valence-electron chi connectivity index (χ4n) is 1.88. The molecule has 1 heterocycles. The summed E-state index contributed by atoms with van der Waals surface area (Å²) in [5, 5.41) is 3.02. The van der Waals surface area contributed by atoms with E-state index in [9.17, 15) is 8.78 Å². The van der Waals surface area contributed by atoms with E-state index in [1.807, 2.05) is 0 Å². The van der Waals surface area contributed by atoms with Gasteiger partial charge in [-0.2, -0.15) is 0 Å². The Bertz CT molecular complexity index is 616. The van der Waals surface area contributed by atoms with Gasteiger partial charge in [0.1, 0.15) is 11.6 Å². The Balaban J connectivity index is 1.74. The molecule has 0 aliphatic carbocycles. The summed E-state index contributed by atoms with van der Waals surface area (Å²) in [6.07, 6.45) is 0. The number of anilines is 1. The van der Waals surface area contributed by atoms with Crippen molar-refractivity contribution in [2.24, 2.45) is 0 Å². The molecule has 0 amide bonds. The number of fused-ring (bicyclic) bond motifs is 1. The lowest BCUT2D eigenvalue weighted by Crippen LogP contribution is -2.02. The van der Waals surface area contributed by atoms with Crippen LogP contribution in [0.15, 0.2) is 36.4 Å². The van der Waals surface area contributed by atoms with Crippen molar-refractivity contribution in [3.8, 4) is 11.5 Å². The number of ether oxygens (including phenoxy) is 2. The number of nitrogens with one attached hydrogen (secondary N) is 1. The van der Waals surface area contributed by atoms with Crippen LogP contribution in [0, 0.1) is 11.6 Å². The topological polar surface area (TPSA) is 30.5 Å². The third kappa shape index (κ3) is 2.45. The number of hydrogen-bond donors (Lipinski definition) is 1. The van der Waals surface area contributed by atoms with E-state index in [1.165, 1.54) is 6.07 Å². The molecule has 0 aromatic heterocycles. The van der Waals surface area contributed by atoms with Crippen LogP contribution in [-0.2, 0) is 6.54 Å². The van der Waals surface area contributed by atoms with Crippen LogP contribution in [0.4, 0.5) is 14.5 Å². The second-order valence-electron chi connectivity index (χ2n) is 4.16. The van der Waals surface area contributed by atoms with Gasteiger partial charge in [-0.05, 0) is 30.3 Å². The zero-order chi connectivity index (χ0) is 13.2. The summed E-state index contributed by atoms with van der Waals surface area (Å²) in [7, 11) is 0. The summed E-state index contributed by atoms with van der Waals surface area (Å²) >= 11 is 0. The van der Waals surface area contributed by atoms with Crippen molar-refractivity contribution >= 4 is 5.69 Å². The number of halogens is 2. The van der Waals surface area contributed by atoms with E-state index in [-0.39, 0.29) is 18.9 Å². The normalized spacial score (nSPS) is 12.5. The Hall–Kier alpha value is -2.30. The minimum Gasteiger partial charge on any atom is -0.454 e. The quantitative estimate of drug-likeness (QED) is 0.921. The van der Waals surface area contributed by atoms with E-state index >= 15 is 0 Å². The fraction of sp³-hybridized carbons (Fsp3) is 0.143. The SMILES string of the molecule is Fc1ccc(F)c(CNc2ccc3c(c2)OCO3)c1. The lowest BCUT2D eigenvalue weighted by Gasteiger charge is -2.08. The van der Waals surface area contributed by atoms with Crippen molar-refractivity contribution in [2.45, 2.75) is 6.54 Å². The van der Waals surface area contributed by atoms with Gasteiger partial charge in [-0.3, -0.25) is 0 Å². The summed E-state index contributed by atoms with van der Waals surface area (Å²) in [4.78, 5) is 0. The van der Waals surface area contributed by atoms with Gasteiger partial charge in [0.05, 0.1) is 0 Å². The first-order chi connectivity index (χ1) is 9.22. The van der Waals surface area contributed by atoms with E-state index in [2.05, 4.69) is 5.32 Å². The van der Waals surface area contributed by atoms with E-state index < -0.39 is 11.6 Å². The molecule has 0 saturated heterocycles. The predicted octanol–water partition coefficient (Wildman–Crippen LogP) is 3.31. The molecule has 0 radical (unpaired) electrons. The monoisotopic (exact) mass is 263 g/mol. The van der Waals surface area contributed by atoms with Crippen LogP contribution in [0.25, 0.3) is 0 Å². The summed E-state index contributed by atoms with van der Waals surface area (Å²) in [6.45, 7) is 0.403. The molecule has 1 aliphatic heterocycles. The van der Waals surface area contributed by atoms with Crippen molar-refractivity contribution in [2.75, 3.05) is 12.1 Å². The lowest BCUT2D eigenvalue weighted by atomic mass is 10.2. The van der Waals surface area contributed by atoms with Crippen LogP contribution < -0.4 is 14.8 Å². The molecule has 2 aromatic carbocycles. The van der Waals surface area contributed by atoms with E-state index in [1.54, 1.807) is 18.2 Å². The maximum Gasteiger partial charge on any atom is 0.231 e. The molecular formula is C14H11F2NO2. The average Bonchev–Trinajstić information content (AvgIpc) is 2.87. The Morgan fingerprint density at radius 1 is 1.00 bits per heavy atom. The Morgan fingerprint density at radius 2 is 1.84 bits per heavy atom. The first-order valence-corrected chi connectivity index (χ1v) is 5.80. The number of benzene rings is 2. The second kappa shape index (κ2) is 4.76. The molecule has 0 fully saturated rings. The maximum atomic E-state index is 13.4. The minimum absolute atomic E-state index is 0.198. The van der Waals surface area contributed by atoms with Crippen LogP contribution in [0.5, 0.6) is 11.5 Å². The Kier molecular flexibility index (Phi) is 2.95. The molecule has 0 bridgehead atoms. The summed E-state index contributed by atoms with van der Waals surface area (Å²) in [5.41, 5.74) is 1.03. The van der Waals surface area contributed by atoms with Gasteiger partial charge in [-0.1, -0.05) is 0 Å². The Labute approximate surface area is 108 Å². The van der Waals surface area contributed by atoms with Crippen LogP contribution in [0.1, 0.15) is 5.56 Å². The van der Waals surface area contributed by atoms with Gasteiger partial charge < -0.3 is 14.8 Å². The van der Waals surface area contributed by atoms with Crippen molar-refractivity contribution < 1.29 is 18.3 Å². The van der Waals surface area contributed by atoms with Gasteiger partial charge >= 0.3 is 0 Å². The highest BCUT2D eigenvalue weighted by Crippen LogP contribution is 2.34. The smallest absolute Gasteiger partial charge is 0.231 e. The summed E-state index contributed by atoms with van der Waals surface area (Å²) < 4.78 is 36.9. The van der Waals surface area contributed by atoms with Gasteiger partial charge in [-0.15, -0.1) is 0 Å². The maximum absolute atomic E-state index is 13.4. The molecule has 0 spiro atoms. The second-order valence-corrected chi connectivity index (χ2v) is 4.16. The van der Waals surface area contributed by atoms with Gasteiger partial charge in [0.15, 0.2) is 11.5 Å².